The first-order valence-electron chi connectivity index (χ1n) is 5.82. The Bertz CT molecular complexity index is 287. The fourth-order valence-electron chi connectivity index (χ4n) is 1.24. The van der Waals surface area contributed by atoms with Crippen LogP contribution in [0.15, 0.2) is 4.34 Å². The Labute approximate surface area is 106 Å². The zero-order valence-corrected chi connectivity index (χ0v) is 12.0. The minimum atomic E-state index is 0.749. The largest absolute Gasteiger partial charge is 0.316 e. The summed E-state index contributed by atoms with van der Waals surface area (Å²) in [5.74, 6) is 1.90. The van der Waals surface area contributed by atoms with E-state index >= 15 is 0 Å². The van der Waals surface area contributed by atoms with Gasteiger partial charge in [-0.3, -0.25) is 0 Å². The maximum atomic E-state index is 4.09. The molecule has 1 rings (SSSR count). The molecule has 0 amide bonds. The van der Waals surface area contributed by atoms with Crippen molar-refractivity contribution >= 4 is 23.1 Å². The Morgan fingerprint density at radius 1 is 1.31 bits per heavy atom. The molecular weight excluding hydrogens is 238 g/mol. The summed E-state index contributed by atoms with van der Waals surface area (Å²) in [6.45, 7) is 8.73. The minimum Gasteiger partial charge on any atom is -0.316 e. The van der Waals surface area contributed by atoms with Crippen molar-refractivity contribution in [2.75, 3.05) is 18.8 Å². The molecular formula is C11H21N3S2. The number of thioether (sulfide) groups is 1. The number of nitrogens with zero attached hydrogens (tertiary/aromatic N) is 2. The summed E-state index contributed by atoms with van der Waals surface area (Å²) >= 11 is 3.51. The van der Waals surface area contributed by atoms with Crippen LogP contribution in [0.3, 0.4) is 0 Å². The summed E-state index contributed by atoms with van der Waals surface area (Å²) < 4.78 is 1.10. The molecule has 0 spiro atoms. The molecule has 0 aliphatic carbocycles. The summed E-state index contributed by atoms with van der Waals surface area (Å²) in [5, 5.41) is 12.6. The van der Waals surface area contributed by atoms with Gasteiger partial charge in [-0.25, -0.2) is 0 Å². The molecule has 0 unspecified atom stereocenters. The van der Waals surface area contributed by atoms with Crippen LogP contribution in [0.5, 0.6) is 0 Å². The van der Waals surface area contributed by atoms with E-state index < -0.39 is 0 Å². The van der Waals surface area contributed by atoms with Crippen molar-refractivity contribution < 1.29 is 0 Å². The molecule has 3 nitrogen and oxygen atoms in total. The highest BCUT2D eigenvalue weighted by Crippen LogP contribution is 2.22. The predicted molar refractivity (Wildman–Crippen MR) is 72.3 cm³/mol. The lowest BCUT2D eigenvalue weighted by Gasteiger charge is -2.06. The quantitative estimate of drug-likeness (QED) is 0.575. The van der Waals surface area contributed by atoms with Crippen molar-refractivity contribution in [3.05, 3.63) is 5.01 Å². The second-order valence-electron chi connectivity index (χ2n) is 4.24. The molecule has 0 aliphatic heterocycles. The van der Waals surface area contributed by atoms with Crippen molar-refractivity contribution in [1.82, 2.24) is 15.5 Å². The molecule has 1 aromatic rings. The van der Waals surface area contributed by atoms with Crippen LogP contribution in [-0.4, -0.2) is 29.0 Å². The standard InChI is InChI=1S/C11H21N3S2/c1-9(2)8-12-6-4-5-7-15-11-14-13-10(3)16-11/h9,12H,4-8H2,1-3H3. The van der Waals surface area contributed by atoms with E-state index in [0.717, 1.165) is 34.1 Å². The van der Waals surface area contributed by atoms with Crippen LogP contribution in [-0.2, 0) is 0 Å². The van der Waals surface area contributed by atoms with E-state index in [1.807, 2.05) is 18.7 Å². The first-order valence-corrected chi connectivity index (χ1v) is 7.62. The molecule has 1 N–H and O–H groups in total. The highest BCUT2D eigenvalue weighted by Gasteiger charge is 2.00. The Hall–Kier alpha value is -0.130. The molecule has 0 aliphatic rings. The van der Waals surface area contributed by atoms with Gasteiger partial charge in [-0.2, -0.15) is 0 Å². The van der Waals surface area contributed by atoms with Crippen LogP contribution in [0.25, 0.3) is 0 Å². The highest BCUT2D eigenvalue weighted by atomic mass is 32.2. The molecule has 0 atom stereocenters. The van der Waals surface area contributed by atoms with Crippen molar-refractivity contribution in [1.29, 1.82) is 0 Å². The van der Waals surface area contributed by atoms with Crippen LogP contribution in [0.2, 0.25) is 0 Å². The molecule has 0 saturated carbocycles. The first kappa shape index (κ1) is 13.9. The van der Waals surface area contributed by atoms with Crippen molar-refractivity contribution in [3.63, 3.8) is 0 Å². The lowest BCUT2D eigenvalue weighted by molar-refractivity contribution is 0.541. The van der Waals surface area contributed by atoms with E-state index in [1.54, 1.807) is 11.3 Å². The van der Waals surface area contributed by atoms with E-state index in [4.69, 9.17) is 0 Å². The lowest BCUT2D eigenvalue weighted by Crippen LogP contribution is -2.20. The lowest BCUT2D eigenvalue weighted by atomic mass is 10.2. The van der Waals surface area contributed by atoms with E-state index in [-0.39, 0.29) is 0 Å². The van der Waals surface area contributed by atoms with Gasteiger partial charge in [-0.1, -0.05) is 36.9 Å². The average molecular weight is 259 g/mol. The van der Waals surface area contributed by atoms with Gasteiger partial charge >= 0.3 is 0 Å². The maximum Gasteiger partial charge on any atom is 0.174 e. The molecule has 0 aromatic carbocycles. The predicted octanol–water partition coefficient (Wildman–Crippen LogP) is 2.96. The van der Waals surface area contributed by atoms with Gasteiger partial charge in [0.25, 0.3) is 0 Å². The van der Waals surface area contributed by atoms with Gasteiger partial charge < -0.3 is 5.32 Å². The summed E-state index contributed by atoms with van der Waals surface area (Å²) in [5.41, 5.74) is 0. The van der Waals surface area contributed by atoms with Crippen molar-refractivity contribution in [2.24, 2.45) is 5.92 Å². The van der Waals surface area contributed by atoms with Crippen molar-refractivity contribution in [3.8, 4) is 0 Å². The van der Waals surface area contributed by atoms with Crippen LogP contribution in [0, 0.1) is 12.8 Å². The van der Waals surface area contributed by atoms with Gasteiger partial charge in [-0.05, 0) is 38.8 Å². The Kier molecular flexibility index (Phi) is 7.00. The van der Waals surface area contributed by atoms with E-state index in [0.29, 0.717) is 0 Å². The summed E-state index contributed by atoms with van der Waals surface area (Å²) in [6.07, 6.45) is 2.49. The Balaban J connectivity index is 1.92. The second kappa shape index (κ2) is 8.03. The molecule has 92 valence electrons. The van der Waals surface area contributed by atoms with E-state index in [1.165, 1.54) is 12.8 Å². The highest BCUT2D eigenvalue weighted by molar-refractivity contribution is 8.01. The third-order valence-electron chi connectivity index (χ3n) is 2.03. The van der Waals surface area contributed by atoms with Crippen LogP contribution in [0.1, 0.15) is 31.7 Å². The Morgan fingerprint density at radius 2 is 2.12 bits per heavy atom. The fraction of sp³-hybridized carbons (Fsp3) is 0.818. The number of hydrogen-bond donors (Lipinski definition) is 1. The number of nitrogens with one attached hydrogen (secondary N) is 1. The zero-order valence-electron chi connectivity index (χ0n) is 10.3. The molecule has 16 heavy (non-hydrogen) atoms. The second-order valence-corrected chi connectivity index (χ2v) is 6.76. The van der Waals surface area contributed by atoms with E-state index in [9.17, 15) is 0 Å². The topological polar surface area (TPSA) is 37.8 Å². The number of aromatic nitrogens is 2. The number of aryl methyl sites for hydroxylation is 1. The van der Waals surface area contributed by atoms with Gasteiger partial charge in [-0.15, -0.1) is 10.2 Å². The molecule has 1 aromatic heterocycles. The SMILES string of the molecule is Cc1nnc(SCCCCNCC(C)C)s1. The average Bonchev–Trinajstić information content (AvgIpc) is 2.62. The number of unbranched alkanes of at least 4 members (excludes halogenated alkanes) is 1. The van der Waals surface area contributed by atoms with Gasteiger partial charge in [0.15, 0.2) is 4.34 Å². The molecule has 0 bridgehead atoms. The van der Waals surface area contributed by atoms with Crippen LogP contribution in [0.4, 0.5) is 0 Å². The minimum absolute atomic E-state index is 0.749. The number of hydrogen-bond acceptors (Lipinski definition) is 5. The van der Waals surface area contributed by atoms with Crippen LogP contribution >= 0.6 is 23.1 Å². The van der Waals surface area contributed by atoms with E-state index in [2.05, 4.69) is 29.4 Å². The molecule has 5 heteroatoms. The van der Waals surface area contributed by atoms with Gasteiger partial charge in [0.1, 0.15) is 5.01 Å². The van der Waals surface area contributed by atoms with Crippen molar-refractivity contribution in [2.45, 2.75) is 38.0 Å². The number of rotatable bonds is 8. The summed E-state index contributed by atoms with van der Waals surface area (Å²) in [7, 11) is 0. The summed E-state index contributed by atoms with van der Waals surface area (Å²) in [4.78, 5) is 0. The molecule has 0 fully saturated rings. The molecule has 0 radical (unpaired) electrons. The fourth-order valence-corrected chi connectivity index (χ4v) is 3.12. The third kappa shape index (κ3) is 6.45. The summed E-state index contributed by atoms with van der Waals surface area (Å²) in [6, 6.07) is 0. The normalized spacial score (nSPS) is 11.2. The molecule has 1 heterocycles. The third-order valence-corrected chi connectivity index (χ3v) is 4.09. The Morgan fingerprint density at radius 3 is 2.75 bits per heavy atom. The van der Waals surface area contributed by atoms with Crippen LogP contribution < -0.4 is 5.32 Å². The van der Waals surface area contributed by atoms with Gasteiger partial charge in [0.05, 0.1) is 0 Å². The monoisotopic (exact) mass is 259 g/mol. The first-order chi connectivity index (χ1) is 7.68. The molecule has 0 saturated heterocycles. The smallest absolute Gasteiger partial charge is 0.174 e. The van der Waals surface area contributed by atoms with Gasteiger partial charge in [0, 0.05) is 5.75 Å². The van der Waals surface area contributed by atoms with Gasteiger partial charge in [0.2, 0.25) is 0 Å². The maximum absolute atomic E-state index is 4.09. The zero-order chi connectivity index (χ0) is 11.8.